The van der Waals surface area contributed by atoms with E-state index in [1.807, 2.05) is 42.5 Å². The van der Waals surface area contributed by atoms with Gasteiger partial charge in [-0.3, -0.25) is 4.99 Å². The van der Waals surface area contributed by atoms with Crippen LogP contribution in [0.15, 0.2) is 64.1 Å². The molecular weight excluding hydrogens is 467 g/mol. The third kappa shape index (κ3) is 4.01. The van der Waals surface area contributed by atoms with E-state index in [1.54, 1.807) is 17.4 Å². The number of phenols is 1. The average molecular weight is 478 g/mol. The van der Waals surface area contributed by atoms with Crippen molar-refractivity contribution >= 4 is 72.6 Å². The lowest BCUT2D eigenvalue weighted by molar-refractivity contribution is 0.475. The Balaban J connectivity index is 1.68. The van der Waals surface area contributed by atoms with Crippen LogP contribution in [0.4, 0.5) is 5.69 Å². The maximum Gasteiger partial charge on any atom is 0.143 e. The lowest BCUT2D eigenvalue weighted by Crippen LogP contribution is -1.84. The standard InChI is InChI=1S/C20H11BrCl2N2OS/c21-13-3-1-2-11(6-13)20-25-17-9-15(4-5-18(17)27-20)24-10-12-7-14(22)8-16(23)19(12)26/h1-10,26H. The molecule has 0 aliphatic rings. The summed E-state index contributed by atoms with van der Waals surface area (Å²) in [5.74, 6) is -0.0449. The Bertz CT molecular complexity index is 1190. The van der Waals surface area contributed by atoms with Gasteiger partial charge < -0.3 is 5.11 Å². The second kappa shape index (κ2) is 7.60. The molecule has 0 fully saturated rings. The number of nitrogens with zero attached hydrogens (tertiary/aromatic N) is 2. The number of benzene rings is 3. The Morgan fingerprint density at radius 1 is 1.07 bits per heavy atom. The number of aromatic nitrogens is 1. The van der Waals surface area contributed by atoms with Crippen LogP contribution in [-0.2, 0) is 0 Å². The molecule has 1 heterocycles. The zero-order valence-corrected chi connectivity index (χ0v) is 17.6. The second-order valence-corrected chi connectivity index (χ2v) is 8.55. The number of phenolic OH excluding ortho intramolecular Hbond substituents is 1. The lowest BCUT2D eigenvalue weighted by atomic mass is 10.2. The SMILES string of the molecule is Oc1c(Cl)cc(Cl)cc1C=Nc1ccc2sc(-c3cccc(Br)c3)nc2c1. The fourth-order valence-corrected chi connectivity index (χ4v) is 4.42. The molecule has 4 aromatic rings. The third-order valence-electron chi connectivity index (χ3n) is 3.85. The molecule has 0 bridgehead atoms. The fraction of sp³-hybridized carbons (Fsp3) is 0. The van der Waals surface area contributed by atoms with Crippen molar-refractivity contribution in [2.75, 3.05) is 0 Å². The zero-order valence-electron chi connectivity index (χ0n) is 13.7. The van der Waals surface area contributed by atoms with Gasteiger partial charge in [-0.15, -0.1) is 11.3 Å². The van der Waals surface area contributed by atoms with E-state index >= 15 is 0 Å². The van der Waals surface area contributed by atoms with Crippen LogP contribution in [0.25, 0.3) is 20.8 Å². The summed E-state index contributed by atoms with van der Waals surface area (Å²) in [7, 11) is 0. The van der Waals surface area contributed by atoms with Gasteiger partial charge in [0.1, 0.15) is 10.8 Å². The largest absolute Gasteiger partial charge is 0.506 e. The van der Waals surface area contributed by atoms with Crippen molar-refractivity contribution in [2.45, 2.75) is 0 Å². The van der Waals surface area contributed by atoms with Crippen LogP contribution in [0.2, 0.25) is 10.0 Å². The summed E-state index contributed by atoms with van der Waals surface area (Å²) >= 11 is 17.0. The monoisotopic (exact) mass is 476 g/mol. The summed E-state index contributed by atoms with van der Waals surface area (Å²) in [5, 5.41) is 11.6. The van der Waals surface area contributed by atoms with Gasteiger partial charge in [-0.05, 0) is 42.5 Å². The molecule has 0 unspecified atom stereocenters. The Labute approximate surface area is 178 Å². The predicted octanol–water partition coefficient (Wildman–Crippen LogP) is 7.49. The first-order valence-corrected chi connectivity index (χ1v) is 10.2. The summed E-state index contributed by atoms with van der Waals surface area (Å²) in [6.45, 7) is 0. The molecule has 0 saturated heterocycles. The van der Waals surface area contributed by atoms with E-state index < -0.39 is 0 Å². The van der Waals surface area contributed by atoms with Crippen molar-refractivity contribution in [3.05, 3.63) is 74.7 Å². The molecule has 1 aromatic heterocycles. The van der Waals surface area contributed by atoms with E-state index in [0.717, 1.165) is 30.9 Å². The molecule has 3 nitrogen and oxygen atoms in total. The maximum atomic E-state index is 10.0. The molecule has 0 atom stereocenters. The Morgan fingerprint density at radius 2 is 1.93 bits per heavy atom. The van der Waals surface area contributed by atoms with Crippen LogP contribution in [-0.4, -0.2) is 16.3 Å². The number of hydrogen-bond acceptors (Lipinski definition) is 4. The van der Waals surface area contributed by atoms with Crippen LogP contribution >= 0.6 is 50.5 Å². The van der Waals surface area contributed by atoms with Crippen molar-refractivity contribution in [3.63, 3.8) is 0 Å². The van der Waals surface area contributed by atoms with Gasteiger partial charge in [0.05, 0.1) is 20.9 Å². The van der Waals surface area contributed by atoms with Crippen LogP contribution in [0.3, 0.4) is 0 Å². The molecule has 1 N–H and O–H groups in total. The lowest BCUT2D eigenvalue weighted by Gasteiger charge is -2.02. The highest BCUT2D eigenvalue weighted by Crippen LogP contribution is 2.34. The molecule has 0 radical (unpaired) electrons. The molecule has 27 heavy (non-hydrogen) atoms. The molecule has 0 spiro atoms. The molecule has 0 aliphatic carbocycles. The second-order valence-electron chi connectivity index (χ2n) is 5.77. The van der Waals surface area contributed by atoms with E-state index in [2.05, 4.69) is 20.9 Å². The van der Waals surface area contributed by atoms with E-state index in [0.29, 0.717) is 10.6 Å². The van der Waals surface area contributed by atoms with Gasteiger partial charge in [0.25, 0.3) is 0 Å². The minimum Gasteiger partial charge on any atom is -0.506 e. The van der Waals surface area contributed by atoms with Crippen LogP contribution in [0.5, 0.6) is 5.75 Å². The molecule has 7 heteroatoms. The fourth-order valence-electron chi connectivity index (χ4n) is 2.57. The van der Waals surface area contributed by atoms with E-state index in [4.69, 9.17) is 28.2 Å². The highest BCUT2D eigenvalue weighted by Gasteiger charge is 2.08. The number of fused-ring (bicyclic) bond motifs is 1. The minimum atomic E-state index is -0.0449. The van der Waals surface area contributed by atoms with Gasteiger partial charge in [0.2, 0.25) is 0 Å². The van der Waals surface area contributed by atoms with Crippen LogP contribution in [0.1, 0.15) is 5.56 Å². The summed E-state index contributed by atoms with van der Waals surface area (Å²) < 4.78 is 2.10. The van der Waals surface area contributed by atoms with E-state index in [9.17, 15) is 5.11 Å². The van der Waals surface area contributed by atoms with Gasteiger partial charge in [0.15, 0.2) is 0 Å². The Morgan fingerprint density at radius 3 is 2.74 bits per heavy atom. The Hall–Kier alpha value is -1.92. The van der Waals surface area contributed by atoms with Crippen LogP contribution in [0, 0.1) is 0 Å². The van der Waals surface area contributed by atoms with Gasteiger partial charge in [-0.1, -0.05) is 51.3 Å². The highest BCUT2D eigenvalue weighted by molar-refractivity contribution is 9.10. The van der Waals surface area contributed by atoms with Crippen molar-refractivity contribution in [2.24, 2.45) is 4.99 Å². The predicted molar refractivity (Wildman–Crippen MR) is 118 cm³/mol. The van der Waals surface area contributed by atoms with Crippen molar-refractivity contribution in [1.29, 1.82) is 0 Å². The van der Waals surface area contributed by atoms with Gasteiger partial charge in [0, 0.05) is 26.8 Å². The molecule has 4 rings (SSSR count). The molecule has 0 amide bonds. The number of aromatic hydroxyl groups is 1. The summed E-state index contributed by atoms with van der Waals surface area (Å²) in [4.78, 5) is 9.14. The first-order valence-electron chi connectivity index (χ1n) is 7.88. The quantitative estimate of drug-likeness (QED) is 0.310. The highest BCUT2D eigenvalue weighted by atomic mass is 79.9. The number of aliphatic imine (C=N–C) groups is 1. The topological polar surface area (TPSA) is 45.5 Å². The van der Waals surface area contributed by atoms with Crippen molar-refractivity contribution in [3.8, 4) is 16.3 Å². The molecular formula is C20H11BrCl2N2OS. The zero-order chi connectivity index (χ0) is 19.0. The minimum absolute atomic E-state index is 0.0449. The number of hydrogen-bond donors (Lipinski definition) is 1. The first kappa shape index (κ1) is 18.4. The maximum absolute atomic E-state index is 10.0. The summed E-state index contributed by atoms with van der Waals surface area (Å²) in [5.41, 5.74) is 3.12. The number of thiazole rings is 1. The molecule has 0 saturated carbocycles. The van der Waals surface area contributed by atoms with E-state index in [1.165, 1.54) is 12.3 Å². The number of halogens is 3. The van der Waals surface area contributed by atoms with E-state index in [-0.39, 0.29) is 10.8 Å². The van der Waals surface area contributed by atoms with Crippen molar-refractivity contribution < 1.29 is 5.11 Å². The molecule has 0 aliphatic heterocycles. The van der Waals surface area contributed by atoms with Crippen molar-refractivity contribution in [1.82, 2.24) is 4.98 Å². The Kier molecular flexibility index (Phi) is 5.19. The van der Waals surface area contributed by atoms with Gasteiger partial charge >= 0.3 is 0 Å². The van der Waals surface area contributed by atoms with Gasteiger partial charge in [-0.25, -0.2) is 4.98 Å². The summed E-state index contributed by atoms with van der Waals surface area (Å²) in [6, 6.07) is 17.0. The third-order valence-corrected chi connectivity index (χ3v) is 5.94. The number of rotatable bonds is 3. The normalized spacial score (nSPS) is 11.5. The smallest absolute Gasteiger partial charge is 0.143 e. The van der Waals surface area contributed by atoms with Crippen LogP contribution < -0.4 is 0 Å². The first-order chi connectivity index (χ1) is 13.0. The average Bonchev–Trinajstić information content (AvgIpc) is 3.07. The summed E-state index contributed by atoms with van der Waals surface area (Å²) in [6.07, 6.45) is 1.54. The molecule has 3 aromatic carbocycles. The molecule has 134 valence electrons. The van der Waals surface area contributed by atoms with Gasteiger partial charge in [-0.2, -0.15) is 0 Å².